The van der Waals surface area contributed by atoms with Crippen LogP contribution in [0.1, 0.15) is 31.2 Å². The molecule has 0 spiro atoms. The van der Waals surface area contributed by atoms with Crippen LogP contribution in [0.25, 0.3) is 0 Å². The molecule has 156 valence electrons. The predicted octanol–water partition coefficient (Wildman–Crippen LogP) is 2.87. The first-order valence-electron chi connectivity index (χ1n) is 9.51. The molecule has 0 radical (unpaired) electrons. The van der Waals surface area contributed by atoms with Crippen molar-refractivity contribution in [1.29, 1.82) is 0 Å². The maximum absolute atomic E-state index is 10.6. The molecule has 2 heterocycles. The second kappa shape index (κ2) is 9.19. The minimum absolute atomic E-state index is 0.272. The summed E-state index contributed by atoms with van der Waals surface area (Å²) in [6.07, 6.45) is 4.36. The van der Waals surface area contributed by atoms with E-state index in [4.69, 9.17) is 19.4 Å². The number of alkyl halides is 3. The third-order valence-corrected chi connectivity index (χ3v) is 5.24. The highest BCUT2D eigenvalue weighted by Gasteiger charge is 2.43. The lowest BCUT2D eigenvalue weighted by Crippen LogP contribution is -2.51. The SMILES string of the molecule is O=C(O)C(F)(F)F.c1cncc(CN2CCO[C@H]3[C@@H](OCC4CC4)CC[C@@H]32)c1. The van der Waals surface area contributed by atoms with Crippen molar-refractivity contribution in [2.24, 2.45) is 5.92 Å². The number of fused-ring (bicyclic) bond motifs is 1. The molecular weight excluding hydrogens is 377 g/mol. The number of aliphatic carboxylic acids is 1. The fraction of sp³-hybridized carbons (Fsp3) is 0.684. The Kier molecular flexibility index (Phi) is 6.90. The Balaban J connectivity index is 0.000000279. The zero-order valence-electron chi connectivity index (χ0n) is 15.5. The highest BCUT2D eigenvalue weighted by atomic mass is 19.4. The number of rotatable bonds is 5. The van der Waals surface area contributed by atoms with Gasteiger partial charge in [-0.15, -0.1) is 0 Å². The topological polar surface area (TPSA) is 71.9 Å². The van der Waals surface area contributed by atoms with E-state index in [-0.39, 0.29) is 6.10 Å². The molecule has 9 heteroatoms. The lowest BCUT2D eigenvalue weighted by Gasteiger charge is -2.39. The third kappa shape index (κ3) is 5.89. The van der Waals surface area contributed by atoms with Gasteiger partial charge in [-0.05, 0) is 43.2 Å². The van der Waals surface area contributed by atoms with Gasteiger partial charge in [0.25, 0.3) is 0 Å². The molecule has 1 aromatic heterocycles. The van der Waals surface area contributed by atoms with E-state index in [2.05, 4.69) is 16.0 Å². The highest BCUT2D eigenvalue weighted by Crippen LogP contribution is 2.35. The van der Waals surface area contributed by atoms with E-state index >= 15 is 0 Å². The number of aromatic nitrogens is 1. The fourth-order valence-electron chi connectivity index (χ4n) is 3.64. The Morgan fingerprint density at radius 3 is 2.68 bits per heavy atom. The standard InChI is InChI=1S/C17H24N2O2.C2HF3O2/c1-2-14(10-18-7-1)11-19-8-9-20-17-15(19)5-6-16(17)21-12-13-3-4-13;3-2(4,5)1(6)7/h1-2,7,10,13,15-17H,3-6,8-9,11-12H2;(H,6,7)/t15-,16-,17+;/m0./s1. The van der Waals surface area contributed by atoms with Crippen molar-refractivity contribution < 1.29 is 32.5 Å². The smallest absolute Gasteiger partial charge is 0.475 e. The number of carbonyl (C=O) groups is 1. The van der Waals surface area contributed by atoms with Crippen molar-refractivity contribution in [3.05, 3.63) is 30.1 Å². The summed E-state index contributed by atoms with van der Waals surface area (Å²) in [5.74, 6) is -1.92. The van der Waals surface area contributed by atoms with Crippen molar-refractivity contribution >= 4 is 5.97 Å². The van der Waals surface area contributed by atoms with Crippen molar-refractivity contribution in [2.75, 3.05) is 19.8 Å². The zero-order chi connectivity index (χ0) is 20.1. The molecule has 0 unspecified atom stereocenters. The number of halogens is 3. The van der Waals surface area contributed by atoms with Gasteiger partial charge in [-0.1, -0.05) is 6.07 Å². The van der Waals surface area contributed by atoms with Crippen molar-refractivity contribution in [1.82, 2.24) is 9.88 Å². The van der Waals surface area contributed by atoms with Crippen LogP contribution >= 0.6 is 0 Å². The molecule has 2 aliphatic carbocycles. The number of pyridine rings is 1. The van der Waals surface area contributed by atoms with Gasteiger partial charge in [0.05, 0.1) is 18.8 Å². The molecule has 3 aliphatic rings. The molecule has 3 atom stereocenters. The normalized spacial score (nSPS) is 27.6. The van der Waals surface area contributed by atoms with Crippen LogP contribution in [0.2, 0.25) is 0 Å². The van der Waals surface area contributed by atoms with Gasteiger partial charge >= 0.3 is 12.1 Å². The molecule has 0 amide bonds. The minimum Gasteiger partial charge on any atom is -0.475 e. The lowest BCUT2D eigenvalue weighted by atomic mass is 10.1. The monoisotopic (exact) mass is 402 g/mol. The maximum atomic E-state index is 10.6. The maximum Gasteiger partial charge on any atom is 0.490 e. The minimum atomic E-state index is -5.08. The number of hydrogen-bond donors (Lipinski definition) is 1. The second-order valence-electron chi connectivity index (χ2n) is 7.43. The van der Waals surface area contributed by atoms with Crippen LogP contribution in [-0.2, 0) is 20.8 Å². The predicted molar refractivity (Wildman–Crippen MR) is 93.6 cm³/mol. The van der Waals surface area contributed by atoms with Gasteiger partial charge in [-0.3, -0.25) is 9.88 Å². The molecule has 1 saturated heterocycles. The molecule has 1 N–H and O–H groups in total. The van der Waals surface area contributed by atoms with Crippen molar-refractivity contribution in [3.63, 3.8) is 0 Å². The number of carboxylic acids is 1. The first-order chi connectivity index (χ1) is 13.3. The number of carboxylic acid groups (broad SMARTS) is 1. The molecule has 6 nitrogen and oxygen atoms in total. The summed E-state index contributed by atoms with van der Waals surface area (Å²) >= 11 is 0. The molecule has 1 aromatic rings. The van der Waals surface area contributed by atoms with E-state index in [1.165, 1.54) is 24.8 Å². The lowest BCUT2D eigenvalue weighted by molar-refractivity contribution is -0.192. The average molecular weight is 402 g/mol. The van der Waals surface area contributed by atoms with E-state index in [0.717, 1.165) is 38.6 Å². The molecule has 2 saturated carbocycles. The van der Waals surface area contributed by atoms with E-state index in [1.807, 2.05) is 18.5 Å². The zero-order valence-corrected chi connectivity index (χ0v) is 15.5. The largest absolute Gasteiger partial charge is 0.490 e. The van der Waals surface area contributed by atoms with Crippen LogP contribution in [0.5, 0.6) is 0 Å². The summed E-state index contributed by atoms with van der Waals surface area (Å²) < 4.78 is 43.9. The molecule has 3 fully saturated rings. The summed E-state index contributed by atoms with van der Waals surface area (Å²) in [5.41, 5.74) is 1.29. The highest BCUT2D eigenvalue weighted by molar-refractivity contribution is 5.73. The summed E-state index contributed by atoms with van der Waals surface area (Å²) in [4.78, 5) is 15.7. The molecule has 1 aliphatic heterocycles. The molecule has 28 heavy (non-hydrogen) atoms. The Bertz CT molecular complexity index is 640. The first-order valence-corrected chi connectivity index (χ1v) is 9.51. The van der Waals surface area contributed by atoms with Gasteiger partial charge in [0.15, 0.2) is 0 Å². The summed E-state index contributed by atoms with van der Waals surface area (Å²) in [6.45, 7) is 3.77. The van der Waals surface area contributed by atoms with Gasteiger partial charge < -0.3 is 14.6 Å². The van der Waals surface area contributed by atoms with E-state index in [9.17, 15) is 13.2 Å². The Morgan fingerprint density at radius 2 is 2.07 bits per heavy atom. The van der Waals surface area contributed by atoms with Gasteiger partial charge in [0.2, 0.25) is 0 Å². The van der Waals surface area contributed by atoms with Gasteiger partial charge in [-0.25, -0.2) is 4.79 Å². The van der Waals surface area contributed by atoms with Crippen LogP contribution in [0.4, 0.5) is 13.2 Å². The second-order valence-corrected chi connectivity index (χ2v) is 7.43. The summed E-state index contributed by atoms with van der Waals surface area (Å²) in [6, 6.07) is 4.69. The van der Waals surface area contributed by atoms with Gasteiger partial charge in [0, 0.05) is 38.1 Å². The van der Waals surface area contributed by atoms with Crippen molar-refractivity contribution in [3.8, 4) is 0 Å². The van der Waals surface area contributed by atoms with Gasteiger partial charge in [-0.2, -0.15) is 13.2 Å². The third-order valence-electron chi connectivity index (χ3n) is 5.24. The molecule has 4 rings (SSSR count). The van der Waals surface area contributed by atoms with Crippen LogP contribution in [0.3, 0.4) is 0 Å². The van der Waals surface area contributed by atoms with E-state index in [1.54, 1.807) is 0 Å². The Labute approximate surface area is 161 Å². The summed E-state index contributed by atoms with van der Waals surface area (Å²) in [5, 5.41) is 7.12. The van der Waals surface area contributed by atoms with Crippen LogP contribution in [0, 0.1) is 5.92 Å². The molecular formula is C19H25F3N2O4. The average Bonchev–Trinajstić information content (AvgIpc) is 3.39. The molecule has 0 aromatic carbocycles. The Morgan fingerprint density at radius 1 is 1.32 bits per heavy atom. The number of hydrogen-bond acceptors (Lipinski definition) is 5. The quantitative estimate of drug-likeness (QED) is 0.817. The Hall–Kier alpha value is -1.71. The van der Waals surface area contributed by atoms with Gasteiger partial charge in [0.1, 0.15) is 0 Å². The number of ether oxygens (including phenoxy) is 2. The molecule has 0 bridgehead atoms. The summed E-state index contributed by atoms with van der Waals surface area (Å²) in [7, 11) is 0. The van der Waals surface area contributed by atoms with Crippen LogP contribution in [-0.4, -0.2) is 65.1 Å². The van der Waals surface area contributed by atoms with E-state index in [0.29, 0.717) is 12.1 Å². The fourth-order valence-corrected chi connectivity index (χ4v) is 3.64. The number of nitrogens with zero attached hydrogens (tertiary/aromatic N) is 2. The van der Waals surface area contributed by atoms with E-state index < -0.39 is 12.1 Å². The first kappa shape index (κ1) is 21.0. The van der Waals surface area contributed by atoms with Crippen molar-refractivity contribution in [2.45, 2.75) is 56.7 Å². The number of morpholine rings is 1. The van der Waals surface area contributed by atoms with Crippen LogP contribution < -0.4 is 0 Å². The van der Waals surface area contributed by atoms with Crippen LogP contribution in [0.15, 0.2) is 24.5 Å².